The molecule has 0 aliphatic carbocycles. The summed E-state index contributed by atoms with van der Waals surface area (Å²) < 4.78 is 0. The van der Waals surface area contributed by atoms with Crippen LogP contribution >= 0.6 is 0 Å². The molecule has 0 radical (unpaired) electrons. The number of likely N-dealkylation sites (tertiary alicyclic amines) is 2. The lowest BCUT2D eigenvalue weighted by Gasteiger charge is -2.38. The molecule has 5 rings (SSSR count). The van der Waals surface area contributed by atoms with Crippen LogP contribution in [0, 0.1) is 5.92 Å². The largest absolute Gasteiger partial charge is 0.396 e. The molecule has 31 heavy (non-hydrogen) atoms. The first-order chi connectivity index (χ1) is 15.1. The lowest BCUT2D eigenvalue weighted by atomic mass is 9.94. The van der Waals surface area contributed by atoms with E-state index in [1.807, 2.05) is 17.0 Å². The van der Waals surface area contributed by atoms with Crippen LogP contribution in [0.3, 0.4) is 0 Å². The molecule has 0 aromatic heterocycles. The number of benzene rings is 3. The molecule has 1 amide bonds. The Bertz CT molecular complexity index is 1100. The van der Waals surface area contributed by atoms with Crippen LogP contribution in [0.5, 0.6) is 0 Å². The lowest BCUT2D eigenvalue weighted by Crippen LogP contribution is -2.51. The van der Waals surface area contributed by atoms with Gasteiger partial charge in [-0.2, -0.15) is 0 Å². The van der Waals surface area contributed by atoms with Gasteiger partial charge < -0.3 is 10.0 Å². The number of fused-ring (bicyclic) bond motifs is 1. The number of carbonyl (C=O) groups excluding carboxylic acids is 1. The van der Waals surface area contributed by atoms with E-state index in [0.29, 0.717) is 19.1 Å². The summed E-state index contributed by atoms with van der Waals surface area (Å²) in [6.07, 6.45) is 2.60. The van der Waals surface area contributed by atoms with E-state index in [-0.39, 0.29) is 18.4 Å². The van der Waals surface area contributed by atoms with Gasteiger partial charge in [-0.1, -0.05) is 42.5 Å². The Morgan fingerprint density at radius 2 is 1.81 bits per heavy atom. The van der Waals surface area contributed by atoms with Crippen LogP contribution in [-0.2, 0) is 0 Å². The van der Waals surface area contributed by atoms with E-state index >= 15 is 0 Å². The fourth-order valence-electron chi connectivity index (χ4n) is 5.01. The van der Waals surface area contributed by atoms with Gasteiger partial charge >= 0.3 is 0 Å². The Kier molecular flexibility index (Phi) is 5.51. The maximum atomic E-state index is 12.8. The molecule has 4 nitrogen and oxygen atoms in total. The molecule has 2 saturated heterocycles. The molecule has 2 fully saturated rings. The predicted molar refractivity (Wildman–Crippen MR) is 125 cm³/mol. The molecule has 160 valence electrons. The molecule has 2 aliphatic rings. The fraction of sp³-hybridized carbons (Fsp3) is 0.370. The molecule has 0 bridgehead atoms. The number of aliphatic hydroxyl groups excluding tert-OH is 1. The number of aliphatic hydroxyl groups is 1. The molecular weight excluding hydrogens is 384 g/mol. The standard InChI is InChI=1S/C27H30N2O2/c1-19(28-12-2-3-13-28)21-6-4-7-22(14-21)25-9-5-8-23-15-24(10-11-26(23)25)27(31)29-16-20(17-29)18-30/h4-11,14-15,19-20,30H,2-3,12-13,16-18H2,1H3. The van der Waals surface area contributed by atoms with Crippen molar-refractivity contribution in [3.05, 3.63) is 71.8 Å². The minimum atomic E-state index is 0.0541. The van der Waals surface area contributed by atoms with Gasteiger partial charge in [-0.25, -0.2) is 0 Å². The van der Waals surface area contributed by atoms with Crippen molar-refractivity contribution in [1.29, 1.82) is 0 Å². The zero-order valence-corrected chi connectivity index (χ0v) is 18.1. The van der Waals surface area contributed by atoms with Crippen molar-refractivity contribution in [3.8, 4) is 11.1 Å². The topological polar surface area (TPSA) is 43.8 Å². The lowest BCUT2D eigenvalue weighted by molar-refractivity contribution is 0.0362. The van der Waals surface area contributed by atoms with Crippen molar-refractivity contribution < 1.29 is 9.90 Å². The van der Waals surface area contributed by atoms with Gasteiger partial charge in [0.15, 0.2) is 0 Å². The summed E-state index contributed by atoms with van der Waals surface area (Å²) in [5, 5.41) is 11.5. The smallest absolute Gasteiger partial charge is 0.253 e. The quantitative estimate of drug-likeness (QED) is 0.657. The average molecular weight is 415 g/mol. The van der Waals surface area contributed by atoms with E-state index in [4.69, 9.17) is 0 Å². The number of hydrogen-bond acceptors (Lipinski definition) is 3. The Balaban J connectivity index is 1.44. The molecule has 4 heteroatoms. The molecular formula is C27H30N2O2. The third-order valence-corrected chi connectivity index (χ3v) is 7.00. The van der Waals surface area contributed by atoms with E-state index in [1.54, 1.807) is 0 Å². The first-order valence-corrected chi connectivity index (χ1v) is 11.4. The Morgan fingerprint density at radius 1 is 1.03 bits per heavy atom. The van der Waals surface area contributed by atoms with Crippen LogP contribution in [0.2, 0.25) is 0 Å². The Morgan fingerprint density at radius 3 is 2.58 bits per heavy atom. The van der Waals surface area contributed by atoms with Gasteiger partial charge in [-0.3, -0.25) is 9.69 Å². The van der Waals surface area contributed by atoms with Crippen LogP contribution in [0.15, 0.2) is 60.7 Å². The highest BCUT2D eigenvalue weighted by atomic mass is 16.3. The minimum absolute atomic E-state index is 0.0541. The van der Waals surface area contributed by atoms with E-state index in [9.17, 15) is 9.90 Å². The van der Waals surface area contributed by atoms with Gasteiger partial charge in [0.2, 0.25) is 0 Å². The highest BCUT2D eigenvalue weighted by Crippen LogP contribution is 2.33. The van der Waals surface area contributed by atoms with E-state index < -0.39 is 0 Å². The van der Waals surface area contributed by atoms with Gasteiger partial charge in [0.25, 0.3) is 5.91 Å². The number of amides is 1. The summed E-state index contributed by atoms with van der Waals surface area (Å²) in [6.45, 7) is 6.13. The van der Waals surface area contributed by atoms with Gasteiger partial charge in [-0.15, -0.1) is 0 Å². The Labute approximate surface area is 184 Å². The second-order valence-corrected chi connectivity index (χ2v) is 9.04. The van der Waals surface area contributed by atoms with Crippen molar-refractivity contribution in [3.63, 3.8) is 0 Å². The second kappa shape index (κ2) is 8.45. The number of hydrogen-bond donors (Lipinski definition) is 1. The highest BCUT2D eigenvalue weighted by molar-refractivity contribution is 6.03. The van der Waals surface area contributed by atoms with E-state index in [1.165, 1.54) is 48.0 Å². The van der Waals surface area contributed by atoms with Crippen molar-refractivity contribution in [2.24, 2.45) is 5.92 Å². The van der Waals surface area contributed by atoms with Crippen molar-refractivity contribution in [1.82, 2.24) is 9.80 Å². The van der Waals surface area contributed by atoms with E-state index in [0.717, 1.165) is 10.9 Å². The maximum Gasteiger partial charge on any atom is 0.253 e. The van der Waals surface area contributed by atoms with Crippen LogP contribution < -0.4 is 0 Å². The molecule has 2 heterocycles. The number of nitrogens with zero attached hydrogens (tertiary/aromatic N) is 2. The molecule has 3 aromatic carbocycles. The number of rotatable bonds is 5. The third kappa shape index (κ3) is 3.86. The van der Waals surface area contributed by atoms with Gasteiger partial charge in [0.05, 0.1) is 0 Å². The third-order valence-electron chi connectivity index (χ3n) is 7.00. The van der Waals surface area contributed by atoms with Gasteiger partial charge in [0, 0.05) is 37.2 Å². The van der Waals surface area contributed by atoms with Crippen LogP contribution in [-0.4, -0.2) is 53.6 Å². The molecule has 0 spiro atoms. The van der Waals surface area contributed by atoms with Crippen LogP contribution in [0.25, 0.3) is 21.9 Å². The Hall–Kier alpha value is -2.69. The molecule has 3 aromatic rings. The summed E-state index contributed by atoms with van der Waals surface area (Å²) in [4.78, 5) is 17.2. The normalized spacial score (nSPS) is 18.3. The van der Waals surface area contributed by atoms with Gasteiger partial charge in [-0.05, 0) is 78.5 Å². The highest BCUT2D eigenvalue weighted by Gasteiger charge is 2.30. The SMILES string of the molecule is CC(c1cccc(-c2cccc3cc(C(=O)N4CC(CO)C4)ccc23)c1)N1CCCC1. The summed E-state index contributed by atoms with van der Waals surface area (Å²) in [5.74, 6) is 0.282. The molecule has 1 N–H and O–H groups in total. The zero-order valence-electron chi connectivity index (χ0n) is 18.1. The molecule has 1 unspecified atom stereocenters. The first kappa shape index (κ1) is 20.2. The molecule has 1 atom stereocenters. The summed E-state index contributed by atoms with van der Waals surface area (Å²) in [5.41, 5.74) is 4.51. The van der Waals surface area contributed by atoms with Crippen molar-refractivity contribution in [2.75, 3.05) is 32.8 Å². The summed E-state index contributed by atoms with van der Waals surface area (Å²) >= 11 is 0. The monoisotopic (exact) mass is 414 g/mol. The van der Waals surface area contributed by atoms with Crippen LogP contribution in [0.1, 0.15) is 41.7 Å². The predicted octanol–water partition coefficient (Wildman–Crippen LogP) is 4.73. The van der Waals surface area contributed by atoms with Crippen molar-refractivity contribution in [2.45, 2.75) is 25.8 Å². The minimum Gasteiger partial charge on any atom is -0.396 e. The average Bonchev–Trinajstić information content (AvgIpc) is 3.32. The zero-order chi connectivity index (χ0) is 21.4. The summed E-state index contributed by atoms with van der Waals surface area (Å²) in [6, 6.07) is 21.7. The van der Waals surface area contributed by atoms with Gasteiger partial charge in [0.1, 0.15) is 0 Å². The maximum absolute atomic E-state index is 12.8. The first-order valence-electron chi connectivity index (χ1n) is 11.4. The molecule has 2 aliphatic heterocycles. The summed E-state index contributed by atoms with van der Waals surface area (Å²) in [7, 11) is 0. The second-order valence-electron chi connectivity index (χ2n) is 9.04. The van der Waals surface area contributed by atoms with E-state index in [2.05, 4.69) is 60.4 Å². The fourth-order valence-corrected chi connectivity index (χ4v) is 5.01. The van der Waals surface area contributed by atoms with Crippen molar-refractivity contribution >= 4 is 16.7 Å². The molecule has 0 saturated carbocycles. The van der Waals surface area contributed by atoms with Crippen LogP contribution in [0.4, 0.5) is 0 Å². The number of carbonyl (C=O) groups is 1.